The Kier molecular flexibility index (Phi) is 6.06. The summed E-state index contributed by atoms with van der Waals surface area (Å²) in [5.74, 6) is 0.322. The number of hydrogen-bond donors (Lipinski definition) is 0. The number of piperazine rings is 1. The Hall–Kier alpha value is -2.89. The van der Waals surface area contributed by atoms with Crippen LogP contribution in [-0.4, -0.2) is 54.4 Å². The van der Waals surface area contributed by atoms with Crippen molar-refractivity contribution in [2.24, 2.45) is 0 Å². The van der Waals surface area contributed by atoms with Crippen molar-refractivity contribution in [1.82, 2.24) is 9.80 Å². The van der Waals surface area contributed by atoms with Crippen molar-refractivity contribution < 1.29 is 18.7 Å². The third kappa shape index (κ3) is 4.84. The fourth-order valence-corrected chi connectivity index (χ4v) is 3.05. The highest BCUT2D eigenvalue weighted by molar-refractivity contribution is 5.94. The number of amides is 2. The van der Waals surface area contributed by atoms with Crippen molar-refractivity contribution in [3.05, 3.63) is 65.5 Å². The molecule has 0 N–H and O–H groups in total. The Labute approximate surface area is 158 Å². The van der Waals surface area contributed by atoms with E-state index in [0.29, 0.717) is 50.3 Å². The standard InChI is InChI=1S/C21H23FN2O3/c1-16-15-17(7-8-19(16)22)21(26)24-12-10-23(11-13-24)20(25)9-14-27-18-5-3-2-4-6-18/h2-8,15H,9-14H2,1H3. The molecule has 0 unspecified atom stereocenters. The van der Waals surface area contributed by atoms with Crippen LogP contribution < -0.4 is 4.74 Å². The molecule has 1 fully saturated rings. The predicted octanol–water partition coefficient (Wildman–Crippen LogP) is 2.89. The number of ether oxygens (including phenoxy) is 1. The van der Waals surface area contributed by atoms with Gasteiger partial charge < -0.3 is 14.5 Å². The maximum atomic E-state index is 13.4. The lowest BCUT2D eigenvalue weighted by Gasteiger charge is -2.35. The normalized spacial score (nSPS) is 14.1. The van der Waals surface area contributed by atoms with Crippen molar-refractivity contribution in [2.75, 3.05) is 32.8 Å². The van der Waals surface area contributed by atoms with Gasteiger partial charge in [0, 0.05) is 31.7 Å². The molecule has 27 heavy (non-hydrogen) atoms. The summed E-state index contributed by atoms with van der Waals surface area (Å²) in [6, 6.07) is 13.8. The molecule has 0 spiro atoms. The van der Waals surface area contributed by atoms with Gasteiger partial charge in [0.05, 0.1) is 13.0 Å². The average Bonchev–Trinajstić information content (AvgIpc) is 2.70. The SMILES string of the molecule is Cc1cc(C(=O)N2CCN(C(=O)CCOc3ccccc3)CC2)ccc1F. The van der Waals surface area contributed by atoms with Gasteiger partial charge in [-0.1, -0.05) is 18.2 Å². The number of benzene rings is 2. The highest BCUT2D eigenvalue weighted by atomic mass is 19.1. The number of para-hydroxylation sites is 1. The van der Waals surface area contributed by atoms with Crippen molar-refractivity contribution in [1.29, 1.82) is 0 Å². The third-order valence-electron chi connectivity index (χ3n) is 4.65. The predicted molar refractivity (Wildman–Crippen MR) is 100 cm³/mol. The Balaban J connectivity index is 1.45. The summed E-state index contributed by atoms with van der Waals surface area (Å²) < 4.78 is 18.9. The first kappa shape index (κ1) is 18.9. The van der Waals surface area contributed by atoms with Crippen LogP contribution in [0.2, 0.25) is 0 Å². The number of carbonyl (C=O) groups is 2. The smallest absolute Gasteiger partial charge is 0.253 e. The third-order valence-corrected chi connectivity index (χ3v) is 4.65. The largest absolute Gasteiger partial charge is 0.493 e. The lowest BCUT2D eigenvalue weighted by atomic mass is 10.1. The Morgan fingerprint density at radius 1 is 1.00 bits per heavy atom. The second-order valence-corrected chi connectivity index (χ2v) is 6.55. The number of rotatable bonds is 5. The van der Waals surface area contributed by atoms with E-state index in [4.69, 9.17) is 4.74 Å². The topological polar surface area (TPSA) is 49.9 Å². The molecular formula is C21H23FN2O3. The van der Waals surface area contributed by atoms with E-state index in [2.05, 4.69) is 0 Å². The van der Waals surface area contributed by atoms with Crippen LogP contribution in [0.5, 0.6) is 5.75 Å². The molecule has 3 rings (SSSR count). The molecule has 0 bridgehead atoms. The zero-order chi connectivity index (χ0) is 19.2. The van der Waals surface area contributed by atoms with Crippen LogP contribution in [-0.2, 0) is 4.79 Å². The zero-order valence-electron chi connectivity index (χ0n) is 15.4. The van der Waals surface area contributed by atoms with Crippen LogP contribution in [0.25, 0.3) is 0 Å². The van der Waals surface area contributed by atoms with Crippen molar-refractivity contribution in [3.63, 3.8) is 0 Å². The molecule has 2 aromatic rings. The van der Waals surface area contributed by atoms with Crippen LogP contribution in [0, 0.1) is 12.7 Å². The summed E-state index contributed by atoms with van der Waals surface area (Å²) in [6.07, 6.45) is 0.306. The molecule has 0 radical (unpaired) electrons. The average molecular weight is 370 g/mol. The maximum Gasteiger partial charge on any atom is 0.253 e. The van der Waals surface area contributed by atoms with E-state index in [1.807, 2.05) is 30.3 Å². The Morgan fingerprint density at radius 2 is 1.67 bits per heavy atom. The van der Waals surface area contributed by atoms with Gasteiger partial charge in [0.2, 0.25) is 5.91 Å². The highest BCUT2D eigenvalue weighted by Crippen LogP contribution is 2.14. The van der Waals surface area contributed by atoms with Crippen molar-refractivity contribution in [2.45, 2.75) is 13.3 Å². The summed E-state index contributed by atoms with van der Waals surface area (Å²) in [6.45, 7) is 3.91. The second-order valence-electron chi connectivity index (χ2n) is 6.55. The first-order chi connectivity index (χ1) is 13.0. The van der Waals surface area contributed by atoms with E-state index in [0.717, 1.165) is 5.75 Å². The molecule has 6 heteroatoms. The van der Waals surface area contributed by atoms with E-state index >= 15 is 0 Å². The van der Waals surface area contributed by atoms with Crippen LogP contribution in [0.1, 0.15) is 22.3 Å². The minimum absolute atomic E-state index is 0.0238. The molecule has 5 nitrogen and oxygen atoms in total. The van der Waals surface area contributed by atoms with Crippen molar-refractivity contribution >= 4 is 11.8 Å². The van der Waals surface area contributed by atoms with Gasteiger partial charge in [0.15, 0.2) is 0 Å². The van der Waals surface area contributed by atoms with Gasteiger partial charge in [-0.25, -0.2) is 4.39 Å². The van der Waals surface area contributed by atoms with Gasteiger partial charge in [-0.2, -0.15) is 0 Å². The van der Waals surface area contributed by atoms with E-state index in [9.17, 15) is 14.0 Å². The van der Waals surface area contributed by atoms with Gasteiger partial charge in [0.25, 0.3) is 5.91 Å². The quantitative estimate of drug-likeness (QED) is 0.813. The molecule has 1 aliphatic rings. The molecule has 0 aliphatic carbocycles. The summed E-state index contributed by atoms with van der Waals surface area (Å²) in [7, 11) is 0. The van der Waals surface area contributed by atoms with Crippen LogP contribution >= 0.6 is 0 Å². The van der Waals surface area contributed by atoms with Gasteiger partial charge >= 0.3 is 0 Å². The van der Waals surface area contributed by atoms with E-state index in [1.165, 1.54) is 12.1 Å². The molecule has 0 aromatic heterocycles. The molecule has 2 amide bonds. The van der Waals surface area contributed by atoms with Crippen molar-refractivity contribution in [3.8, 4) is 5.75 Å². The number of aryl methyl sites for hydroxylation is 1. The lowest BCUT2D eigenvalue weighted by Crippen LogP contribution is -2.50. The lowest BCUT2D eigenvalue weighted by molar-refractivity contribution is -0.133. The van der Waals surface area contributed by atoms with Gasteiger partial charge in [-0.05, 0) is 42.8 Å². The highest BCUT2D eigenvalue weighted by Gasteiger charge is 2.25. The summed E-state index contributed by atoms with van der Waals surface area (Å²) in [5.41, 5.74) is 0.929. The molecule has 142 valence electrons. The van der Waals surface area contributed by atoms with E-state index < -0.39 is 0 Å². The van der Waals surface area contributed by atoms with E-state index in [1.54, 1.807) is 22.8 Å². The summed E-state index contributed by atoms with van der Waals surface area (Å²) in [5, 5.41) is 0. The van der Waals surface area contributed by atoms with Gasteiger partial charge in [0.1, 0.15) is 11.6 Å². The molecule has 2 aromatic carbocycles. The number of halogens is 1. The zero-order valence-corrected chi connectivity index (χ0v) is 15.4. The summed E-state index contributed by atoms with van der Waals surface area (Å²) >= 11 is 0. The molecule has 0 saturated carbocycles. The molecule has 1 heterocycles. The molecular weight excluding hydrogens is 347 g/mol. The number of carbonyl (C=O) groups excluding carboxylic acids is 2. The Morgan fingerprint density at radius 3 is 2.33 bits per heavy atom. The van der Waals surface area contributed by atoms with E-state index in [-0.39, 0.29) is 17.6 Å². The van der Waals surface area contributed by atoms with Crippen LogP contribution in [0.3, 0.4) is 0 Å². The van der Waals surface area contributed by atoms with Crippen LogP contribution in [0.15, 0.2) is 48.5 Å². The fraction of sp³-hybridized carbons (Fsp3) is 0.333. The van der Waals surface area contributed by atoms with Gasteiger partial charge in [-0.15, -0.1) is 0 Å². The first-order valence-electron chi connectivity index (χ1n) is 9.05. The summed E-state index contributed by atoms with van der Waals surface area (Å²) in [4.78, 5) is 28.3. The Bertz CT molecular complexity index is 802. The fourth-order valence-electron chi connectivity index (χ4n) is 3.05. The molecule has 1 aliphatic heterocycles. The minimum atomic E-state index is -0.320. The van der Waals surface area contributed by atoms with Crippen LogP contribution in [0.4, 0.5) is 4.39 Å². The second kappa shape index (κ2) is 8.66. The molecule has 0 atom stereocenters. The maximum absolute atomic E-state index is 13.4. The van der Waals surface area contributed by atoms with Gasteiger partial charge in [-0.3, -0.25) is 9.59 Å². The monoisotopic (exact) mass is 370 g/mol. The minimum Gasteiger partial charge on any atom is -0.493 e. The number of nitrogens with zero attached hydrogens (tertiary/aromatic N) is 2. The number of hydrogen-bond acceptors (Lipinski definition) is 3. The first-order valence-corrected chi connectivity index (χ1v) is 9.05. The molecule has 1 saturated heterocycles.